The smallest absolute Gasteiger partial charge is 0.319 e. The molecule has 1 aromatic heterocycles. The molecule has 1 amide bonds. The van der Waals surface area contributed by atoms with Crippen molar-refractivity contribution in [2.75, 3.05) is 20.1 Å². The van der Waals surface area contributed by atoms with Gasteiger partial charge in [0.2, 0.25) is 5.91 Å². The van der Waals surface area contributed by atoms with Crippen molar-refractivity contribution in [3.8, 4) is 0 Å². The van der Waals surface area contributed by atoms with Gasteiger partial charge in [-0.25, -0.2) is 4.98 Å². The summed E-state index contributed by atoms with van der Waals surface area (Å²) in [6, 6.07) is 0. The fourth-order valence-electron chi connectivity index (χ4n) is 3.98. The average molecular weight is 385 g/mol. The Labute approximate surface area is 153 Å². The van der Waals surface area contributed by atoms with Crippen LogP contribution in [0, 0.1) is 11.3 Å². The highest BCUT2D eigenvalue weighted by atomic mass is 35.5. The molecule has 2 heterocycles. The number of alkyl halides is 2. The summed E-state index contributed by atoms with van der Waals surface area (Å²) in [6.45, 7) is -0.935. The minimum Gasteiger partial charge on any atom is -0.338 e. The van der Waals surface area contributed by atoms with Crippen LogP contribution in [0.3, 0.4) is 0 Å². The second-order valence-electron chi connectivity index (χ2n) is 6.42. The van der Waals surface area contributed by atoms with E-state index in [9.17, 15) is 13.6 Å². The number of carbonyl (C=O) groups is 1. The van der Waals surface area contributed by atoms with E-state index in [-0.39, 0.29) is 48.5 Å². The Kier molecular flexibility index (Phi) is 7.44. The number of aromatic nitrogens is 2. The van der Waals surface area contributed by atoms with Gasteiger partial charge in [0.25, 0.3) is 0 Å². The number of carbonyl (C=O) groups excluding carboxylic acids is 1. The van der Waals surface area contributed by atoms with E-state index in [4.69, 9.17) is 0 Å². The van der Waals surface area contributed by atoms with Gasteiger partial charge in [-0.3, -0.25) is 9.36 Å². The lowest BCUT2D eigenvalue weighted by molar-refractivity contribution is -0.144. The number of nitrogens with zero attached hydrogens (tertiary/aromatic N) is 3. The third kappa shape index (κ3) is 3.68. The van der Waals surface area contributed by atoms with Crippen molar-refractivity contribution in [2.45, 2.75) is 38.8 Å². The summed E-state index contributed by atoms with van der Waals surface area (Å²) in [6.07, 6.45) is 6.77. The lowest BCUT2D eigenvalue weighted by Crippen LogP contribution is -2.48. The molecule has 1 saturated carbocycles. The Balaban J connectivity index is 0.00000144. The lowest BCUT2D eigenvalue weighted by Gasteiger charge is -2.39. The van der Waals surface area contributed by atoms with Gasteiger partial charge in [0, 0.05) is 26.0 Å². The maximum Gasteiger partial charge on any atom is 0.319 e. The van der Waals surface area contributed by atoms with E-state index in [1.165, 1.54) is 18.8 Å². The predicted octanol–water partition coefficient (Wildman–Crippen LogP) is 2.86. The quantitative estimate of drug-likeness (QED) is 0.867. The summed E-state index contributed by atoms with van der Waals surface area (Å²) in [4.78, 5) is 18.5. The van der Waals surface area contributed by atoms with Crippen LogP contribution < -0.4 is 5.32 Å². The average Bonchev–Trinajstić information content (AvgIpc) is 3.12. The number of hydrogen-bond acceptors (Lipinski definition) is 3. The zero-order chi connectivity index (χ0) is 15.7. The molecule has 1 saturated heterocycles. The van der Waals surface area contributed by atoms with E-state index in [0.717, 1.165) is 30.4 Å². The van der Waals surface area contributed by atoms with Crippen molar-refractivity contribution in [1.82, 2.24) is 19.8 Å². The summed E-state index contributed by atoms with van der Waals surface area (Å²) in [5.74, 6) is 0.651. The van der Waals surface area contributed by atoms with Gasteiger partial charge in [0.1, 0.15) is 5.82 Å². The summed E-state index contributed by atoms with van der Waals surface area (Å²) in [5.41, 5.74) is -0.352. The van der Waals surface area contributed by atoms with Gasteiger partial charge >= 0.3 is 6.55 Å². The molecule has 0 radical (unpaired) electrons. The Bertz CT molecular complexity index is 557. The van der Waals surface area contributed by atoms with Crippen LogP contribution in [0.1, 0.15) is 38.1 Å². The van der Waals surface area contributed by atoms with Gasteiger partial charge in [-0.05, 0) is 25.3 Å². The largest absolute Gasteiger partial charge is 0.338 e. The summed E-state index contributed by atoms with van der Waals surface area (Å²) in [5, 5.41) is 3.34. The van der Waals surface area contributed by atoms with Gasteiger partial charge in [-0.1, -0.05) is 12.8 Å². The normalized spacial score (nSPS) is 25.6. The molecule has 1 aliphatic carbocycles. The van der Waals surface area contributed by atoms with Crippen LogP contribution in [0.25, 0.3) is 0 Å². The zero-order valence-electron chi connectivity index (χ0n) is 13.6. The van der Waals surface area contributed by atoms with E-state index in [0.29, 0.717) is 12.5 Å². The standard InChI is InChI=1S/C15H22F2N4O.2ClH/c1-20(9-12-19-6-7-21(12)14(16)17)13(22)15-5-3-2-4-11(15)8-18-10-15;;/h6-7,11,14,18H,2-5,8-10H2,1H3;2*1H/t11-,15+;;/m0../s1. The maximum absolute atomic E-state index is 13.0. The van der Waals surface area contributed by atoms with Crippen LogP contribution in [0.2, 0.25) is 0 Å². The van der Waals surface area contributed by atoms with Gasteiger partial charge in [-0.2, -0.15) is 8.78 Å². The van der Waals surface area contributed by atoms with Crippen molar-refractivity contribution < 1.29 is 13.6 Å². The predicted molar refractivity (Wildman–Crippen MR) is 91.7 cm³/mol. The molecule has 5 nitrogen and oxygen atoms in total. The van der Waals surface area contributed by atoms with Gasteiger partial charge in [0.05, 0.1) is 12.0 Å². The Morgan fingerprint density at radius 3 is 2.96 bits per heavy atom. The summed E-state index contributed by atoms with van der Waals surface area (Å²) in [7, 11) is 1.69. The first-order chi connectivity index (χ1) is 10.5. The molecule has 0 unspecified atom stereocenters. The SMILES string of the molecule is CN(Cc1nccn1C(F)F)C(=O)[C@@]12CCCC[C@H]1CNC2.Cl.Cl. The van der Waals surface area contributed by atoms with Crippen LogP contribution in [-0.2, 0) is 11.3 Å². The Morgan fingerprint density at radius 1 is 1.50 bits per heavy atom. The molecule has 2 atom stereocenters. The molecule has 9 heteroatoms. The van der Waals surface area contributed by atoms with Crippen molar-refractivity contribution in [2.24, 2.45) is 11.3 Å². The fraction of sp³-hybridized carbons (Fsp3) is 0.733. The van der Waals surface area contributed by atoms with E-state index >= 15 is 0 Å². The molecule has 0 bridgehead atoms. The van der Waals surface area contributed by atoms with E-state index < -0.39 is 6.55 Å². The fourth-order valence-corrected chi connectivity index (χ4v) is 3.98. The van der Waals surface area contributed by atoms with Crippen molar-refractivity contribution >= 4 is 30.7 Å². The van der Waals surface area contributed by atoms with Crippen LogP contribution in [0.5, 0.6) is 0 Å². The zero-order valence-corrected chi connectivity index (χ0v) is 15.2. The first-order valence-corrected chi connectivity index (χ1v) is 7.81. The number of hydrogen-bond donors (Lipinski definition) is 1. The minimum absolute atomic E-state index is 0. The highest BCUT2D eigenvalue weighted by Gasteiger charge is 2.50. The highest BCUT2D eigenvalue weighted by Crippen LogP contribution is 2.45. The molecule has 1 N–H and O–H groups in total. The summed E-state index contributed by atoms with van der Waals surface area (Å²) < 4.78 is 26.6. The van der Waals surface area contributed by atoms with Gasteiger partial charge in [0.15, 0.2) is 0 Å². The highest BCUT2D eigenvalue weighted by molar-refractivity contribution is 5.85. The van der Waals surface area contributed by atoms with Crippen LogP contribution in [0.15, 0.2) is 12.4 Å². The lowest BCUT2D eigenvalue weighted by atomic mass is 9.67. The number of nitrogens with one attached hydrogen (secondary N) is 1. The van der Waals surface area contributed by atoms with Crippen molar-refractivity contribution in [1.29, 1.82) is 0 Å². The molecular formula is C15H24Cl2F2N4O. The first-order valence-electron chi connectivity index (χ1n) is 7.81. The monoisotopic (exact) mass is 384 g/mol. The van der Waals surface area contributed by atoms with Crippen molar-refractivity contribution in [3.05, 3.63) is 18.2 Å². The molecule has 0 aromatic carbocycles. The van der Waals surface area contributed by atoms with Gasteiger partial charge in [-0.15, -0.1) is 24.8 Å². The molecule has 1 aromatic rings. The van der Waals surface area contributed by atoms with Crippen LogP contribution in [-0.4, -0.2) is 40.5 Å². The Morgan fingerprint density at radius 2 is 2.25 bits per heavy atom. The molecule has 3 rings (SSSR count). The van der Waals surface area contributed by atoms with Crippen LogP contribution >= 0.6 is 24.8 Å². The number of fused-ring (bicyclic) bond motifs is 1. The number of imidazole rings is 1. The number of rotatable bonds is 4. The molecular weight excluding hydrogens is 361 g/mol. The number of halogens is 4. The Hall–Kier alpha value is -0.920. The van der Waals surface area contributed by atoms with Crippen LogP contribution in [0.4, 0.5) is 8.78 Å². The van der Waals surface area contributed by atoms with Crippen molar-refractivity contribution in [3.63, 3.8) is 0 Å². The van der Waals surface area contributed by atoms with E-state index in [1.807, 2.05) is 0 Å². The second kappa shape index (κ2) is 8.45. The van der Waals surface area contributed by atoms with Gasteiger partial charge < -0.3 is 10.2 Å². The summed E-state index contributed by atoms with van der Waals surface area (Å²) >= 11 is 0. The van der Waals surface area contributed by atoms with E-state index in [2.05, 4.69) is 10.3 Å². The minimum atomic E-state index is -2.63. The van der Waals surface area contributed by atoms with E-state index in [1.54, 1.807) is 11.9 Å². The number of amides is 1. The topological polar surface area (TPSA) is 50.2 Å². The third-order valence-electron chi connectivity index (χ3n) is 5.15. The molecule has 2 fully saturated rings. The molecule has 1 aliphatic heterocycles. The molecule has 0 spiro atoms. The molecule has 24 heavy (non-hydrogen) atoms. The molecule has 2 aliphatic rings. The molecule has 138 valence electrons. The second-order valence-corrected chi connectivity index (χ2v) is 6.42. The third-order valence-corrected chi connectivity index (χ3v) is 5.15. The first kappa shape index (κ1) is 21.1. The maximum atomic E-state index is 13.0.